The van der Waals surface area contributed by atoms with E-state index in [0.29, 0.717) is 6.29 Å². The molecular formula is C7H12O4. The summed E-state index contributed by atoms with van der Waals surface area (Å²) in [6, 6.07) is 0. The average molecular weight is 160 g/mol. The zero-order valence-corrected chi connectivity index (χ0v) is 6.92. The van der Waals surface area contributed by atoms with Crippen LogP contribution in [0.4, 0.5) is 4.79 Å². The SMILES string of the molecule is CC(C)(C)OC(=O)OCC=O. The molecule has 0 fully saturated rings. The molecule has 0 spiro atoms. The van der Waals surface area contributed by atoms with Crippen molar-refractivity contribution in [2.75, 3.05) is 6.61 Å². The molecule has 0 aromatic carbocycles. The number of ether oxygens (including phenoxy) is 2. The Balaban J connectivity index is 3.61. The minimum Gasteiger partial charge on any atom is -0.429 e. The molecule has 0 saturated heterocycles. The summed E-state index contributed by atoms with van der Waals surface area (Å²) in [5, 5.41) is 0. The van der Waals surface area contributed by atoms with Crippen molar-refractivity contribution in [3.63, 3.8) is 0 Å². The van der Waals surface area contributed by atoms with E-state index in [2.05, 4.69) is 4.74 Å². The van der Waals surface area contributed by atoms with Gasteiger partial charge in [0, 0.05) is 0 Å². The van der Waals surface area contributed by atoms with Gasteiger partial charge >= 0.3 is 6.16 Å². The van der Waals surface area contributed by atoms with E-state index in [1.807, 2.05) is 0 Å². The number of carbonyl (C=O) groups is 2. The molecule has 0 unspecified atom stereocenters. The van der Waals surface area contributed by atoms with Crippen LogP contribution in [0.3, 0.4) is 0 Å². The van der Waals surface area contributed by atoms with Crippen LogP contribution in [0, 0.1) is 0 Å². The Labute approximate surface area is 65.5 Å². The lowest BCUT2D eigenvalue weighted by Crippen LogP contribution is -2.24. The van der Waals surface area contributed by atoms with Crippen LogP contribution < -0.4 is 0 Å². The van der Waals surface area contributed by atoms with E-state index < -0.39 is 11.8 Å². The zero-order chi connectivity index (χ0) is 8.91. The number of hydrogen-bond acceptors (Lipinski definition) is 4. The second-order valence-electron chi connectivity index (χ2n) is 2.94. The van der Waals surface area contributed by atoms with Gasteiger partial charge in [-0.05, 0) is 20.8 Å². The van der Waals surface area contributed by atoms with Crippen molar-refractivity contribution < 1.29 is 19.1 Å². The first kappa shape index (κ1) is 9.94. The molecule has 0 N–H and O–H groups in total. The Bertz CT molecular complexity index is 145. The minimum atomic E-state index is -0.815. The number of rotatable bonds is 2. The van der Waals surface area contributed by atoms with Crippen LogP contribution in [0.15, 0.2) is 0 Å². The Morgan fingerprint density at radius 3 is 2.36 bits per heavy atom. The van der Waals surface area contributed by atoms with Gasteiger partial charge in [0.15, 0.2) is 12.9 Å². The van der Waals surface area contributed by atoms with E-state index in [9.17, 15) is 9.59 Å². The maximum absolute atomic E-state index is 10.6. The van der Waals surface area contributed by atoms with E-state index in [-0.39, 0.29) is 6.61 Å². The van der Waals surface area contributed by atoms with Crippen LogP contribution in [-0.2, 0) is 14.3 Å². The highest BCUT2D eigenvalue weighted by Crippen LogP contribution is 2.07. The molecule has 0 bridgehead atoms. The standard InChI is InChI=1S/C7H12O4/c1-7(2,3)11-6(9)10-5-4-8/h4H,5H2,1-3H3. The van der Waals surface area contributed by atoms with E-state index in [1.165, 1.54) is 0 Å². The molecular weight excluding hydrogens is 148 g/mol. The van der Waals surface area contributed by atoms with Crippen molar-refractivity contribution in [2.45, 2.75) is 26.4 Å². The van der Waals surface area contributed by atoms with Gasteiger partial charge in [0.05, 0.1) is 0 Å². The quantitative estimate of drug-likeness (QED) is 0.449. The summed E-state index contributed by atoms with van der Waals surface area (Å²) in [7, 11) is 0. The van der Waals surface area contributed by atoms with Gasteiger partial charge < -0.3 is 9.47 Å². The van der Waals surface area contributed by atoms with Gasteiger partial charge in [-0.1, -0.05) is 0 Å². The molecule has 0 aromatic rings. The normalized spacial score (nSPS) is 10.5. The molecule has 0 aliphatic heterocycles. The van der Waals surface area contributed by atoms with Crippen LogP contribution in [0.5, 0.6) is 0 Å². The minimum absolute atomic E-state index is 0.255. The van der Waals surface area contributed by atoms with E-state index in [4.69, 9.17) is 4.74 Å². The second kappa shape index (κ2) is 3.95. The molecule has 4 heteroatoms. The fourth-order valence-corrected chi connectivity index (χ4v) is 0.382. The van der Waals surface area contributed by atoms with Gasteiger partial charge in [0.25, 0.3) is 0 Å². The Morgan fingerprint density at radius 2 is 2.00 bits per heavy atom. The Hall–Kier alpha value is -1.06. The lowest BCUT2D eigenvalue weighted by Gasteiger charge is -2.17. The summed E-state index contributed by atoms with van der Waals surface area (Å²) in [5.41, 5.74) is -0.569. The smallest absolute Gasteiger partial charge is 0.429 e. The van der Waals surface area contributed by atoms with E-state index >= 15 is 0 Å². The molecule has 64 valence electrons. The molecule has 0 rings (SSSR count). The van der Waals surface area contributed by atoms with Gasteiger partial charge in [-0.15, -0.1) is 0 Å². The van der Waals surface area contributed by atoms with Gasteiger partial charge in [-0.25, -0.2) is 4.79 Å². The molecule has 0 saturated carbocycles. The molecule has 0 aliphatic carbocycles. The van der Waals surface area contributed by atoms with Crippen molar-refractivity contribution in [1.29, 1.82) is 0 Å². The fraction of sp³-hybridized carbons (Fsp3) is 0.714. The van der Waals surface area contributed by atoms with Crippen molar-refractivity contribution in [2.24, 2.45) is 0 Å². The summed E-state index contributed by atoms with van der Waals surface area (Å²) in [6.07, 6.45) is -0.325. The average Bonchev–Trinajstić information content (AvgIpc) is 1.79. The van der Waals surface area contributed by atoms with E-state index in [0.717, 1.165) is 0 Å². The summed E-state index contributed by atoms with van der Waals surface area (Å²) in [6.45, 7) is 4.90. The molecule has 0 atom stereocenters. The first-order valence-corrected chi connectivity index (χ1v) is 3.25. The van der Waals surface area contributed by atoms with Crippen molar-refractivity contribution >= 4 is 12.4 Å². The van der Waals surface area contributed by atoms with Crippen LogP contribution in [0.25, 0.3) is 0 Å². The maximum atomic E-state index is 10.6. The third-order valence-electron chi connectivity index (χ3n) is 0.659. The van der Waals surface area contributed by atoms with Crippen LogP contribution in [0.1, 0.15) is 20.8 Å². The summed E-state index contributed by atoms with van der Waals surface area (Å²) >= 11 is 0. The van der Waals surface area contributed by atoms with Crippen LogP contribution >= 0.6 is 0 Å². The topological polar surface area (TPSA) is 52.6 Å². The largest absolute Gasteiger partial charge is 0.509 e. The zero-order valence-electron chi connectivity index (χ0n) is 6.92. The summed E-state index contributed by atoms with van der Waals surface area (Å²) < 4.78 is 9.06. The third-order valence-corrected chi connectivity index (χ3v) is 0.659. The van der Waals surface area contributed by atoms with Gasteiger partial charge in [0.1, 0.15) is 5.60 Å². The highest BCUT2D eigenvalue weighted by atomic mass is 16.7. The molecule has 0 aromatic heterocycles. The van der Waals surface area contributed by atoms with Crippen LogP contribution in [-0.4, -0.2) is 24.6 Å². The summed E-state index contributed by atoms with van der Waals surface area (Å²) in [4.78, 5) is 20.4. The first-order chi connectivity index (χ1) is 4.95. The fourth-order valence-electron chi connectivity index (χ4n) is 0.382. The lowest BCUT2D eigenvalue weighted by atomic mass is 10.2. The lowest BCUT2D eigenvalue weighted by molar-refractivity contribution is -0.111. The molecule has 0 radical (unpaired) electrons. The molecule has 11 heavy (non-hydrogen) atoms. The van der Waals surface area contributed by atoms with Crippen molar-refractivity contribution in [3.05, 3.63) is 0 Å². The monoisotopic (exact) mass is 160 g/mol. The van der Waals surface area contributed by atoms with E-state index in [1.54, 1.807) is 20.8 Å². The number of hydrogen-bond donors (Lipinski definition) is 0. The second-order valence-corrected chi connectivity index (χ2v) is 2.94. The van der Waals surface area contributed by atoms with Gasteiger partial charge in [0.2, 0.25) is 0 Å². The predicted molar refractivity (Wildman–Crippen MR) is 38.3 cm³/mol. The molecule has 0 amide bonds. The molecule has 4 nitrogen and oxygen atoms in total. The highest BCUT2D eigenvalue weighted by Gasteiger charge is 2.16. The predicted octanol–water partition coefficient (Wildman–Crippen LogP) is 1.14. The Kier molecular flexibility index (Phi) is 3.57. The van der Waals surface area contributed by atoms with Crippen molar-refractivity contribution in [1.82, 2.24) is 0 Å². The Morgan fingerprint density at radius 1 is 1.45 bits per heavy atom. The molecule has 0 aliphatic rings. The number of aldehydes is 1. The summed E-state index contributed by atoms with van der Waals surface area (Å²) in [5.74, 6) is 0. The third kappa shape index (κ3) is 6.83. The first-order valence-electron chi connectivity index (χ1n) is 3.25. The maximum Gasteiger partial charge on any atom is 0.509 e. The van der Waals surface area contributed by atoms with Crippen LogP contribution in [0.2, 0.25) is 0 Å². The highest BCUT2D eigenvalue weighted by molar-refractivity contribution is 5.63. The van der Waals surface area contributed by atoms with Gasteiger partial charge in [-0.2, -0.15) is 0 Å². The number of carbonyl (C=O) groups excluding carboxylic acids is 2. The van der Waals surface area contributed by atoms with Gasteiger partial charge in [-0.3, -0.25) is 4.79 Å². The van der Waals surface area contributed by atoms with Crippen molar-refractivity contribution in [3.8, 4) is 0 Å². The molecule has 0 heterocycles.